The molecule has 5 unspecified atom stereocenters. The Bertz CT molecular complexity index is 685. The maximum Gasteiger partial charge on any atom is 0.326 e. The van der Waals surface area contributed by atoms with Crippen molar-refractivity contribution >= 4 is 42.3 Å². The van der Waals surface area contributed by atoms with E-state index in [4.69, 9.17) is 17.2 Å². The summed E-state index contributed by atoms with van der Waals surface area (Å²) in [4.78, 5) is 52.5. The van der Waals surface area contributed by atoms with Gasteiger partial charge in [-0.25, -0.2) is 4.79 Å². The Hall–Kier alpha value is -2.58. The number of carbonyl (C=O) groups excluding carboxylic acids is 3. The monoisotopic (exact) mass is 477 g/mol. The molecule has 3 amide bonds. The fraction of sp³-hybridized carbons (Fsp3) is 0.722. The van der Waals surface area contributed by atoms with Gasteiger partial charge in [0, 0.05) is 12.3 Å². The smallest absolute Gasteiger partial charge is 0.326 e. The Labute approximate surface area is 192 Å². The second-order valence-corrected chi connectivity index (χ2v) is 7.95. The highest BCUT2D eigenvalue weighted by atomic mass is 32.1. The molecule has 0 heterocycles. The summed E-state index contributed by atoms with van der Waals surface area (Å²) in [5.41, 5.74) is 16.0. The molecule has 0 saturated carbocycles. The lowest BCUT2D eigenvalue weighted by molar-refractivity contribution is -0.142. The standard InChI is InChI=1S/C18H35N7O6S/c1-8(2)13(25-15(28)12(19)9(3)26)16(29)24-11(7-32)14(27)23-10(17(30)31)5-4-6-22-18(20)21/h8-13,26,32H,4-7,19H2,1-3H3,(H,23,27)(H,24,29)(H,25,28)(H,30,31)(H4,20,21,22). The highest BCUT2D eigenvalue weighted by Crippen LogP contribution is 2.05. The fourth-order valence-corrected chi connectivity index (χ4v) is 2.75. The van der Waals surface area contributed by atoms with E-state index in [1.165, 1.54) is 6.92 Å². The number of aliphatic hydroxyl groups excluding tert-OH is 1. The third-order valence-electron chi connectivity index (χ3n) is 4.44. The summed E-state index contributed by atoms with van der Waals surface area (Å²) in [5.74, 6) is -4.04. The van der Waals surface area contributed by atoms with Crippen molar-refractivity contribution < 1.29 is 29.4 Å². The second-order valence-electron chi connectivity index (χ2n) is 7.59. The molecule has 0 aromatic carbocycles. The summed E-state index contributed by atoms with van der Waals surface area (Å²) in [7, 11) is 0. The molecule has 11 N–H and O–H groups in total. The average molecular weight is 478 g/mol. The van der Waals surface area contributed by atoms with Crippen LogP contribution >= 0.6 is 12.6 Å². The molecule has 0 bridgehead atoms. The van der Waals surface area contributed by atoms with Gasteiger partial charge in [0.1, 0.15) is 24.2 Å². The maximum atomic E-state index is 12.7. The predicted octanol–water partition coefficient (Wildman–Crippen LogP) is -3.13. The highest BCUT2D eigenvalue weighted by molar-refractivity contribution is 7.80. The Balaban J connectivity index is 5.12. The van der Waals surface area contributed by atoms with Gasteiger partial charge >= 0.3 is 5.97 Å². The lowest BCUT2D eigenvalue weighted by Gasteiger charge is -2.26. The fourth-order valence-electron chi connectivity index (χ4n) is 2.49. The molecular weight excluding hydrogens is 442 g/mol. The average Bonchev–Trinajstić information content (AvgIpc) is 2.70. The predicted molar refractivity (Wildman–Crippen MR) is 122 cm³/mol. The van der Waals surface area contributed by atoms with Crippen LogP contribution in [0.5, 0.6) is 0 Å². The summed E-state index contributed by atoms with van der Waals surface area (Å²) in [6.07, 6.45) is -0.757. The van der Waals surface area contributed by atoms with E-state index >= 15 is 0 Å². The van der Waals surface area contributed by atoms with Crippen LogP contribution in [0.1, 0.15) is 33.6 Å². The van der Waals surface area contributed by atoms with Crippen LogP contribution in [0.4, 0.5) is 0 Å². The molecule has 0 aliphatic heterocycles. The van der Waals surface area contributed by atoms with Gasteiger partial charge in [-0.05, 0) is 25.7 Å². The van der Waals surface area contributed by atoms with Crippen LogP contribution < -0.4 is 33.2 Å². The van der Waals surface area contributed by atoms with E-state index in [0.29, 0.717) is 6.42 Å². The zero-order valence-electron chi connectivity index (χ0n) is 18.4. The van der Waals surface area contributed by atoms with Crippen molar-refractivity contribution in [3.8, 4) is 0 Å². The van der Waals surface area contributed by atoms with Gasteiger partial charge in [-0.1, -0.05) is 13.8 Å². The molecular formula is C18H35N7O6S. The molecule has 0 aromatic rings. The number of hydrogen-bond acceptors (Lipinski definition) is 8. The molecule has 0 spiro atoms. The normalized spacial score (nSPS) is 15.6. The number of aliphatic carboxylic acids is 1. The molecule has 0 aromatic heterocycles. The first-order chi connectivity index (χ1) is 14.8. The second kappa shape index (κ2) is 14.5. The molecule has 0 rings (SSSR count). The van der Waals surface area contributed by atoms with Crippen molar-refractivity contribution in [2.75, 3.05) is 12.3 Å². The number of nitrogens with two attached hydrogens (primary N) is 3. The quantitative estimate of drug-likeness (QED) is 0.0531. The Morgan fingerprint density at radius 2 is 1.53 bits per heavy atom. The van der Waals surface area contributed by atoms with Crippen LogP contribution in [0.15, 0.2) is 4.99 Å². The number of amides is 3. The first-order valence-electron chi connectivity index (χ1n) is 10.1. The van der Waals surface area contributed by atoms with Crippen molar-refractivity contribution in [2.45, 2.75) is 63.9 Å². The first-order valence-corrected chi connectivity index (χ1v) is 10.7. The van der Waals surface area contributed by atoms with E-state index in [2.05, 4.69) is 33.6 Å². The number of thiol groups is 1. The van der Waals surface area contributed by atoms with Gasteiger partial charge in [0.2, 0.25) is 17.7 Å². The van der Waals surface area contributed by atoms with Gasteiger partial charge in [-0.15, -0.1) is 0 Å². The van der Waals surface area contributed by atoms with Crippen LogP contribution in [-0.4, -0.2) is 82.4 Å². The van der Waals surface area contributed by atoms with Crippen LogP contribution in [0.25, 0.3) is 0 Å². The van der Waals surface area contributed by atoms with Gasteiger partial charge in [-0.3, -0.25) is 19.4 Å². The van der Waals surface area contributed by atoms with E-state index in [9.17, 15) is 29.4 Å². The lowest BCUT2D eigenvalue weighted by atomic mass is 10.0. The largest absolute Gasteiger partial charge is 0.480 e. The minimum Gasteiger partial charge on any atom is -0.480 e. The number of carbonyl (C=O) groups is 4. The highest BCUT2D eigenvalue weighted by Gasteiger charge is 2.31. The summed E-state index contributed by atoms with van der Waals surface area (Å²) < 4.78 is 0. The number of nitrogens with one attached hydrogen (secondary N) is 3. The summed E-state index contributed by atoms with van der Waals surface area (Å²) >= 11 is 4.05. The molecule has 0 saturated heterocycles. The molecule has 0 aliphatic carbocycles. The Morgan fingerprint density at radius 1 is 0.969 bits per heavy atom. The van der Waals surface area contributed by atoms with Gasteiger partial charge in [0.15, 0.2) is 5.96 Å². The van der Waals surface area contributed by atoms with Gasteiger partial charge in [0.05, 0.1) is 6.10 Å². The van der Waals surface area contributed by atoms with Crippen molar-refractivity contribution in [1.29, 1.82) is 0 Å². The van der Waals surface area contributed by atoms with Crippen molar-refractivity contribution in [1.82, 2.24) is 16.0 Å². The van der Waals surface area contributed by atoms with E-state index < -0.39 is 54.0 Å². The van der Waals surface area contributed by atoms with E-state index in [0.717, 1.165) is 0 Å². The molecule has 32 heavy (non-hydrogen) atoms. The Kier molecular flexibility index (Phi) is 13.3. The number of aliphatic hydroxyl groups is 1. The molecule has 0 fully saturated rings. The third-order valence-corrected chi connectivity index (χ3v) is 4.81. The third kappa shape index (κ3) is 10.6. The maximum absolute atomic E-state index is 12.7. The minimum absolute atomic E-state index is 0.0625. The van der Waals surface area contributed by atoms with Crippen LogP contribution in [0.3, 0.4) is 0 Å². The van der Waals surface area contributed by atoms with Crippen molar-refractivity contribution in [3.63, 3.8) is 0 Å². The topological polar surface area (TPSA) is 235 Å². The van der Waals surface area contributed by atoms with E-state index in [-0.39, 0.29) is 30.6 Å². The van der Waals surface area contributed by atoms with Crippen LogP contribution in [0, 0.1) is 5.92 Å². The number of aliphatic imine (C=N–C) groups is 1. The first kappa shape index (κ1) is 29.4. The summed E-state index contributed by atoms with van der Waals surface area (Å²) in [6.45, 7) is 4.88. The van der Waals surface area contributed by atoms with Gasteiger partial charge in [-0.2, -0.15) is 12.6 Å². The summed E-state index contributed by atoms with van der Waals surface area (Å²) in [6, 6.07) is -4.66. The molecule has 0 aliphatic rings. The van der Waals surface area contributed by atoms with Crippen molar-refractivity contribution in [3.05, 3.63) is 0 Å². The molecule has 0 radical (unpaired) electrons. The zero-order valence-corrected chi connectivity index (χ0v) is 19.3. The number of carboxylic acid groups (broad SMARTS) is 1. The van der Waals surface area contributed by atoms with Crippen LogP contribution in [-0.2, 0) is 19.2 Å². The van der Waals surface area contributed by atoms with Crippen molar-refractivity contribution in [2.24, 2.45) is 28.1 Å². The Morgan fingerprint density at radius 3 is 1.97 bits per heavy atom. The van der Waals surface area contributed by atoms with Crippen LogP contribution in [0.2, 0.25) is 0 Å². The number of nitrogens with zero attached hydrogens (tertiary/aromatic N) is 1. The van der Waals surface area contributed by atoms with Gasteiger partial charge < -0.3 is 43.4 Å². The SMILES string of the molecule is CC(C)C(NC(=O)C(N)C(C)O)C(=O)NC(CS)C(=O)NC(CCCN=C(N)N)C(=O)O. The number of hydrogen-bond donors (Lipinski definition) is 9. The number of rotatable bonds is 14. The number of carboxylic acids is 1. The molecule has 5 atom stereocenters. The number of guanidine groups is 1. The molecule has 14 heteroatoms. The van der Waals surface area contributed by atoms with E-state index in [1.54, 1.807) is 13.8 Å². The summed E-state index contributed by atoms with van der Waals surface area (Å²) in [5, 5.41) is 26.0. The van der Waals surface area contributed by atoms with Gasteiger partial charge in [0.25, 0.3) is 0 Å². The molecule has 13 nitrogen and oxygen atoms in total. The lowest BCUT2D eigenvalue weighted by Crippen LogP contribution is -2.59. The molecule has 184 valence electrons. The minimum atomic E-state index is -1.26. The zero-order chi connectivity index (χ0) is 25.0. The van der Waals surface area contributed by atoms with E-state index in [1.807, 2.05) is 0 Å².